The number of allylic oxidation sites excluding steroid dienone is 9. The van der Waals surface area contributed by atoms with Crippen LogP contribution in [-0.4, -0.2) is 99.6 Å². The normalized spacial score (nSPS) is 18.4. The van der Waals surface area contributed by atoms with Gasteiger partial charge in [-0.25, -0.2) is 0 Å². The van der Waals surface area contributed by atoms with E-state index < -0.39 is 67.4 Å². The van der Waals surface area contributed by atoms with Gasteiger partial charge in [0.05, 0.1) is 25.4 Å². The van der Waals surface area contributed by atoms with E-state index in [0.717, 1.165) is 70.6 Å². The van der Waals surface area contributed by atoms with E-state index in [1.165, 1.54) is 244 Å². The van der Waals surface area contributed by atoms with E-state index in [2.05, 4.69) is 74.7 Å². The molecule has 8 atom stereocenters. The number of hydrogen-bond acceptors (Lipinski definition) is 10. The van der Waals surface area contributed by atoms with Crippen molar-refractivity contribution in [2.75, 3.05) is 13.2 Å². The number of amides is 1. The minimum Gasteiger partial charge on any atom is -0.454 e. The largest absolute Gasteiger partial charge is 0.454 e. The van der Waals surface area contributed by atoms with Gasteiger partial charge in [-0.3, -0.25) is 9.59 Å². The van der Waals surface area contributed by atoms with Crippen LogP contribution in [0, 0.1) is 0 Å². The standard InChI is InChI=1S/C78H143NO10/c1-4-7-10-13-16-19-22-24-26-28-30-32-34-35-36-37-38-40-42-44-46-48-51-54-57-60-63-66-73(83)89-76-75(85)74(84)72(67-80)88-78(76)87-68-69(70(81)64-61-58-55-52-49-21-18-15-12-9-6-3)79-77(86)71(82)65-62-59-56-53-50-47-45-43-41-39-33-31-29-27-25-23-20-17-14-11-8-5-2/h16,19,24-27,30,32,61,64,69-72,74-76,78,80-82,84-85H,4-15,17-18,20-23,28-29,31,33-60,62-63,65-68H2,1-3H3,(H,79,86)/b19-16-,26-24-,27-25+,32-30-,64-61+. The highest BCUT2D eigenvalue weighted by Crippen LogP contribution is 2.26. The van der Waals surface area contributed by atoms with Crippen LogP contribution in [0.15, 0.2) is 60.8 Å². The van der Waals surface area contributed by atoms with Gasteiger partial charge in [0.1, 0.15) is 24.4 Å². The van der Waals surface area contributed by atoms with Gasteiger partial charge in [0.2, 0.25) is 5.91 Å². The van der Waals surface area contributed by atoms with Crippen LogP contribution in [0.3, 0.4) is 0 Å². The van der Waals surface area contributed by atoms with E-state index >= 15 is 0 Å². The van der Waals surface area contributed by atoms with E-state index in [9.17, 15) is 35.1 Å². The highest BCUT2D eigenvalue weighted by atomic mass is 16.7. The lowest BCUT2D eigenvalue weighted by molar-refractivity contribution is -0.305. The second-order valence-corrected chi connectivity index (χ2v) is 26.4. The fourth-order valence-corrected chi connectivity index (χ4v) is 11.9. The highest BCUT2D eigenvalue weighted by molar-refractivity contribution is 5.80. The van der Waals surface area contributed by atoms with Gasteiger partial charge in [-0.15, -0.1) is 0 Å². The van der Waals surface area contributed by atoms with E-state index in [1.807, 2.05) is 6.08 Å². The lowest BCUT2D eigenvalue weighted by Crippen LogP contribution is -2.61. The summed E-state index contributed by atoms with van der Waals surface area (Å²) in [5.74, 6) is -1.18. The molecule has 520 valence electrons. The van der Waals surface area contributed by atoms with Crippen LogP contribution in [0.2, 0.25) is 0 Å². The lowest BCUT2D eigenvalue weighted by Gasteiger charge is -2.41. The molecule has 0 saturated carbocycles. The van der Waals surface area contributed by atoms with Crippen LogP contribution in [0.25, 0.3) is 0 Å². The van der Waals surface area contributed by atoms with Gasteiger partial charge < -0.3 is 45.1 Å². The zero-order valence-electron chi connectivity index (χ0n) is 58.1. The van der Waals surface area contributed by atoms with Gasteiger partial charge in [0, 0.05) is 6.42 Å². The molecule has 0 aromatic rings. The van der Waals surface area contributed by atoms with Crippen molar-refractivity contribution >= 4 is 11.9 Å². The van der Waals surface area contributed by atoms with Crippen molar-refractivity contribution in [3.05, 3.63) is 60.8 Å². The van der Waals surface area contributed by atoms with Crippen molar-refractivity contribution in [3.63, 3.8) is 0 Å². The molecule has 1 saturated heterocycles. The van der Waals surface area contributed by atoms with Crippen LogP contribution in [0.5, 0.6) is 0 Å². The fraction of sp³-hybridized carbons (Fsp3) is 0.846. The summed E-state index contributed by atoms with van der Waals surface area (Å²) in [4.78, 5) is 26.7. The Bertz CT molecular complexity index is 1680. The molecular formula is C78H143NO10. The molecule has 8 unspecified atom stereocenters. The number of unbranched alkanes of at least 4 members (excludes halogenated alkanes) is 44. The molecule has 1 fully saturated rings. The number of hydrogen-bond donors (Lipinski definition) is 6. The van der Waals surface area contributed by atoms with Crippen LogP contribution < -0.4 is 5.32 Å². The van der Waals surface area contributed by atoms with Crippen molar-refractivity contribution in [2.24, 2.45) is 0 Å². The smallest absolute Gasteiger partial charge is 0.306 e. The quantitative estimate of drug-likeness (QED) is 0.0195. The number of carbonyl (C=O) groups excluding carboxylic acids is 2. The number of carbonyl (C=O) groups is 2. The van der Waals surface area contributed by atoms with Crippen LogP contribution >= 0.6 is 0 Å². The average molecular weight is 1250 g/mol. The Hall–Kier alpha value is -2.64. The molecule has 1 amide bonds. The number of aliphatic hydroxyl groups is 5. The summed E-state index contributed by atoms with van der Waals surface area (Å²) in [6, 6.07) is -1.02. The van der Waals surface area contributed by atoms with Gasteiger partial charge in [-0.05, 0) is 89.9 Å². The average Bonchev–Trinajstić information content (AvgIpc) is 1.43. The van der Waals surface area contributed by atoms with E-state index in [0.29, 0.717) is 19.3 Å². The molecule has 11 heteroatoms. The number of nitrogens with one attached hydrogen (secondary N) is 1. The van der Waals surface area contributed by atoms with E-state index in [4.69, 9.17) is 14.2 Å². The Kier molecular flexibility index (Phi) is 62.0. The van der Waals surface area contributed by atoms with Crippen molar-refractivity contribution in [3.8, 4) is 0 Å². The zero-order valence-corrected chi connectivity index (χ0v) is 58.1. The second-order valence-electron chi connectivity index (χ2n) is 26.4. The Morgan fingerprint density at radius 2 is 0.775 bits per heavy atom. The highest BCUT2D eigenvalue weighted by Gasteiger charge is 2.47. The fourth-order valence-electron chi connectivity index (χ4n) is 11.9. The third-order valence-corrected chi connectivity index (χ3v) is 17.9. The Morgan fingerprint density at radius 3 is 1.19 bits per heavy atom. The molecule has 89 heavy (non-hydrogen) atoms. The SMILES string of the molecule is CCCCC/C=C\C/C=C\C/C=C\CCCCCCCCCCCCCCCCC(=O)OC1C(OCC(NC(=O)C(O)CCCCCCCCCCCCCC/C=C/CCCCCCCC)C(O)/C=C/CCCCCCCCCCC)OC(CO)C(O)C1O. The zero-order chi connectivity index (χ0) is 64.6. The first-order chi connectivity index (χ1) is 43.7. The van der Waals surface area contributed by atoms with Crippen molar-refractivity contribution in [1.29, 1.82) is 0 Å². The third-order valence-electron chi connectivity index (χ3n) is 17.9. The first-order valence-corrected chi connectivity index (χ1v) is 38.1. The Morgan fingerprint density at radius 1 is 0.438 bits per heavy atom. The number of rotatable bonds is 66. The summed E-state index contributed by atoms with van der Waals surface area (Å²) >= 11 is 0. The number of esters is 1. The van der Waals surface area contributed by atoms with E-state index in [-0.39, 0.29) is 13.0 Å². The number of aliphatic hydroxyl groups excluding tert-OH is 5. The maximum absolute atomic E-state index is 13.5. The molecule has 6 N–H and O–H groups in total. The summed E-state index contributed by atoms with van der Waals surface area (Å²) in [6.45, 7) is 5.80. The van der Waals surface area contributed by atoms with Crippen LogP contribution in [0.4, 0.5) is 0 Å². The molecule has 1 heterocycles. The molecular weight excluding hydrogens is 1110 g/mol. The topological polar surface area (TPSA) is 175 Å². The molecule has 0 spiro atoms. The first kappa shape index (κ1) is 84.4. The summed E-state index contributed by atoms with van der Waals surface area (Å²) < 4.78 is 17.7. The third kappa shape index (κ3) is 52.4. The van der Waals surface area contributed by atoms with Gasteiger partial charge >= 0.3 is 5.97 Å². The molecule has 1 rings (SSSR count). The maximum atomic E-state index is 13.5. The molecule has 0 aromatic carbocycles. The molecule has 1 aliphatic rings. The molecule has 11 nitrogen and oxygen atoms in total. The maximum Gasteiger partial charge on any atom is 0.306 e. The van der Waals surface area contributed by atoms with Gasteiger partial charge in [-0.2, -0.15) is 0 Å². The Balaban J connectivity index is 2.49. The summed E-state index contributed by atoms with van der Waals surface area (Å²) in [5, 5.41) is 57.3. The molecule has 0 aliphatic carbocycles. The molecule has 0 radical (unpaired) electrons. The first-order valence-electron chi connectivity index (χ1n) is 38.1. The summed E-state index contributed by atoms with van der Waals surface area (Å²) in [7, 11) is 0. The van der Waals surface area contributed by atoms with Gasteiger partial charge in [-0.1, -0.05) is 326 Å². The Labute approximate surface area is 548 Å². The summed E-state index contributed by atoms with van der Waals surface area (Å²) in [6.07, 6.45) is 74.1. The predicted octanol–water partition coefficient (Wildman–Crippen LogP) is 20.1. The number of ether oxygens (including phenoxy) is 3. The van der Waals surface area contributed by atoms with Crippen molar-refractivity contribution in [1.82, 2.24) is 5.32 Å². The van der Waals surface area contributed by atoms with Gasteiger partial charge in [0.15, 0.2) is 12.4 Å². The van der Waals surface area contributed by atoms with Crippen LogP contribution in [0.1, 0.15) is 361 Å². The monoisotopic (exact) mass is 1250 g/mol. The second kappa shape index (κ2) is 65.4. The molecule has 0 aromatic heterocycles. The lowest BCUT2D eigenvalue weighted by atomic mass is 9.99. The van der Waals surface area contributed by atoms with E-state index in [1.54, 1.807) is 6.08 Å². The van der Waals surface area contributed by atoms with Crippen molar-refractivity contribution < 1.29 is 49.3 Å². The minimum atomic E-state index is -1.61. The van der Waals surface area contributed by atoms with Crippen LogP contribution in [-0.2, 0) is 23.8 Å². The van der Waals surface area contributed by atoms with Gasteiger partial charge in [0.25, 0.3) is 0 Å². The summed E-state index contributed by atoms with van der Waals surface area (Å²) in [5.41, 5.74) is 0. The predicted molar refractivity (Wildman–Crippen MR) is 375 cm³/mol. The minimum absolute atomic E-state index is 0.124. The van der Waals surface area contributed by atoms with Crippen molar-refractivity contribution in [2.45, 2.75) is 410 Å². The molecule has 0 bridgehead atoms. The molecule has 1 aliphatic heterocycles.